The number of oxime groups is 1. The average Bonchev–Trinajstić information content (AvgIpc) is 2.26. The smallest absolute Gasteiger partial charge is 0.170 e. The first-order valence-corrected chi connectivity index (χ1v) is 3.96. The van der Waals surface area contributed by atoms with Gasteiger partial charge in [0, 0.05) is 10.5 Å². The molecule has 1 rings (SSSR count). The number of halogens is 1. The Bertz CT molecular complexity index is 439. The molecule has 0 saturated heterocycles. The molecule has 3 N–H and O–H groups in total. The van der Waals surface area contributed by atoms with Crippen LogP contribution in [0.1, 0.15) is 11.1 Å². The molecular formula is C8H8FN5O. The minimum atomic E-state index is -0.563. The van der Waals surface area contributed by atoms with E-state index in [0.29, 0.717) is 0 Å². The Morgan fingerprint density at radius 2 is 2.33 bits per heavy atom. The van der Waals surface area contributed by atoms with Gasteiger partial charge in [-0.3, -0.25) is 0 Å². The van der Waals surface area contributed by atoms with Crippen LogP contribution in [0.2, 0.25) is 0 Å². The second-order valence-corrected chi connectivity index (χ2v) is 2.68. The van der Waals surface area contributed by atoms with E-state index in [0.717, 1.165) is 6.07 Å². The van der Waals surface area contributed by atoms with Gasteiger partial charge in [0.15, 0.2) is 5.84 Å². The van der Waals surface area contributed by atoms with Gasteiger partial charge >= 0.3 is 0 Å². The van der Waals surface area contributed by atoms with Crippen molar-refractivity contribution in [2.75, 3.05) is 0 Å². The summed E-state index contributed by atoms with van der Waals surface area (Å²) in [5, 5.41) is 14.3. The topological polar surface area (TPSA) is 107 Å². The zero-order valence-corrected chi connectivity index (χ0v) is 7.63. The first-order valence-electron chi connectivity index (χ1n) is 3.96. The summed E-state index contributed by atoms with van der Waals surface area (Å²) in [6.45, 7) is -0.0706. The van der Waals surface area contributed by atoms with Gasteiger partial charge in [0.25, 0.3) is 0 Å². The number of amidine groups is 1. The van der Waals surface area contributed by atoms with Crippen LogP contribution >= 0.6 is 0 Å². The quantitative estimate of drug-likeness (QED) is 0.150. The van der Waals surface area contributed by atoms with Crippen LogP contribution in [0.25, 0.3) is 10.4 Å². The lowest BCUT2D eigenvalue weighted by atomic mass is 10.1. The van der Waals surface area contributed by atoms with Crippen molar-refractivity contribution in [2.45, 2.75) is 6.54 Å². The zero-order chi connectivity index (χ0) is 11.3. The monoisotopic (exact) mass is 209 g/mol. The molecule has 6 nitrogen and oxygen atoms in total. The van der Waals surface area contributed by atoms with Crippen molar-refractivity contribution in [2.24, 2.45) is 16.0 Å². The molecule has 0 amide bonds. The largest absolute Gasteiger partial charge is 0.409 e. The number of benzene rings is 1. The molecule has 0 aliphatic carbocycles. The molecule has 0 saturated carbocycles. The van der Waals surface area contributed by atoms with E-state index in [-0.39, 0.29) is 23.5 Å². The minimum absolute atomic E-state index is 0.0706. The third-order valence-corrected chi connectivity index (χ3v) is 1.76. The summed E-state index contributed by atoms with van der Waals surface area (Å²) in [6.07, 6.45) is 0. The van der Waals surface area contributed by atoms with Gasteiger partial charge in [0.1, 0.15) is 5.82 Å². The second-order valence-electron chi connectivity index (χ2n) is 2.68. The number of hydrogen-bond acceptors (Lipinski definition) is 3. The van der Waals surface area contributed by atoms with Crippen molar-refractivity contribution in [1.29, 1.82) is 0 Å². The highest BCUT2D eigenvalue weighted by Gasteiger charge is 2.05. The lowest BCUT2D eigenvalue weighted by Gasteiger charge is -2.02. The summed E-state index contributed by atoms with van der Waals surface area (Å²) in [7, 11) is 0. The molecular weight excluding hydrogens is 201 g/mol. The molecule has 0 aliphatic rings. The van der Waals surface area contributed by atoms with Crippen LogP contribution in [0, 0.1) is 5.82 Å². The molecule has 15 heavy (non-hydrogen) atoms. The molecule has 0 aliphatic heterocycles. The fourth-order valence-electron chi connectivity index (χ4n) is 1.00. The van der Waals surface area contributed by atoms with Gasteiger partial charge < -0.3 is 10.9 Å². The van der Waals surface area contributed by atoms with Crippen molar-refractivity contribution in [3.05, 3.63) is 45.6 Å². The summed E-state index contributed by atoms with van der Waals surface area (Å²) in [5.41, 5.74) is 13.8. The third-order valence-electron chi connectivity index (χ3n) is 1.76. The maximum atomic E-state index is 13.3. The van der Waals surface area contributed by atoms with Gasteiger partial charge in [0.05, 0.1) is 6.54 Å². The minimum Gasteiger partial charge on any atom is -0.409 e. The number of azide groups is 1. The van der Waals surface area contributed by atoms with Crippen molar-refractivity contribution in [3.63, 3.8) is 0 Å². The Balaban J connectivity index is 3.02. The van der Waals surface area contributed by atoms with Crippen LogP contribution in [-0.4, -0.2) is 11.0 Å². The number of nitrogens with zero attached hydrogens (tertiary/aromatic N) is 4. The normalized spacial score (nSPS) is 10.9. The van der Waals surface area contributed by atoms with Crippen LogP contribution in [0.3, 0.4) is 0 Å². The van der Waals surface area contributed by atoms with Crippen LogP contribution < -0.4 is 5.73 Å². The Morgan fingerprint density at radius 3 is 2.87 bits per heavy atom. The molecule has 0 radical (unpaired) electrons. The summed E-state index contributed by atoms with van der Waals surface area (Å²) in [6, 6.07) is 4.00. The van der Waals surface area contributed by atoms with E-state index in [9.17, 15) is 4.39 Å². The number of hydrogen-bond donors (Lipinski definition) is 2. The molecule has 0 aromatic heterocycles. The average molecular weight is 209 g/mol. The van der Waals surface area contributed by atoms with Gasteiger partial charge in [-0.2, -0.15) is 0 Å². The van der Waals surface area contributed by atoms with Crippen molar-refractivity contribution in [3.8, 4) is 0 Å². The van der Waals surface area contributed by atoms with Gasteiger partial charge in [-0.25, -0.2) is 4.39 Å². The highest BCUT2D eigenvalue weighted by Crippen LogP contribution is 2.11. The van der Waals surface area contributed by atoms with Crippen LogP contribution in [0.4, 0.5) is 4.39 Å². The van der Waals surface area contributed by atoms with Crippen molar-refractivity contribution >= 4 is 5.84 Å². The van der Waals surface area contributed by atoms with Gasteiger partial charge in [0.2, 0.25) is 0 Å². The van der Waals surface area contributed by atoms with Crippen LogP contribution in [0.5, 0.6) is 0 Å². The van der Waals surface area contributed by atoms with E-state index in [1.54, 1.807) is 0 Å². The Morgan fingerprint density at radius 1 is 1.60 bits per heavy atom. The molecule has 0 fully saturated rings. The molecule has 7 heteroatoms. The summed E-state index contributed by atoms with van der Waals surface area (Å²) in [4.78, 5) is 2.52. The SMILES string of the molecule is [N-]=[N+]=NCc1ccc(C(N)=NO)cc1F. The van der Waals surface area contributed by atoms with Crippen molar-refractivity contribution in [1.82, 2.24) is 0 Å². The first-order chi connectivity index (χ1) is 7.19. The fourth-order valence-corrected chi connectivity index (χ4v) is 1.00. The molecule has 0 bridgehead atoms. The Hall–Kier alpha value is -2.27. The maximum Gasteiger partial charge on any atom is 0.170 e. The van der Waals surface area contributed by atoms with Crippen LogP contribution in [-0.2, 0) is 6.54 Å². The third kappa shape index (κ3) is 2.58. The van der Waals surface area contributed by atoms with E-state index in [1.807, 2.05) is 0 Å². The highest BCUT2D eigenvalue weighted by atomic mass is 19.1. The van der Waals surface area contributed by atoms with E-state index in [2.05, 4.69) is 15.2 Å². The molecule has 0 spiro atoms. The van der Waals surface area contributed by atoms with Gasteiger partial charge in [-0.05, 0) is 17.2 Å². The van der Waals surface area contributed by atoms with Crippen LogP contribution in [0.15, 0.2) is 28.5 Å². The van der Waals surface area contributed by atoms with Crippen molar-refractivity contribution < 1.29 is 9.60 Å². The molecule has 1 aromatic carbocycles. The zero-order valence-electron chi connectivity index (χ0n) is 7.63. The van der Waals surface area contributed by atoms with E-state index >= 15 is 0 Å². The van der Waals surface area contributed by atoms with Gasteiger partial charge in [-0.1, -0.05) is 22.4 Å². The molecule has 0 heterocycles. The van der Waals surface area contributed by atoms with E-state index in [4.69, 9.17) is 16.5 Å². The summed E-state index contributed by atoms with van der Waals surface area (Å²) < 4.78 is 13.3. The maximum absolute atomic E-state index is 13.3. The molecule has 78 valence electrons. The summed E-state index contributed by atoms with van der Waals surface area (Å²) in [5.74, 6) is -0.740. The Kier molecular flexibility index (Phi) is 3.48. The molecule has 0 unspecified atom stereocenters. The molecule has 1 aromatic rings. The lowest BCUT2D eigenvalue weighted by Crippen LogP contribution is -2.13. The molecule has 0 atom stereocenters. The van der Waals surface area contributed by atoms with E-state index < -0.39 is 5.82 Å². The lowest BCUT2D eigenvalue weighted by molar-refractivity contribution is 0.318. The second kappa shape index (κ2) is 4.83. The highest BCUT2D eigenvalue weighted by molar-refractivity contribution is 5.97. The van der Waals surface area contributed by atoms with E-state index in [1.165, 1.54) is 12.1 Å². The Labute approximate surface area is 84.4 Å². The first kappa shape index (κ1) is 10.8. The summed E-state index contributed by atoms with van der Waals surface area (Å²) >= 11 is 0. The predicted molar refractivity (Wildman–Crippen MR) is 51.8 cm³/mol. The predicted octanol–water partition coefficient (Wildman–Crippen LogP) is 1.73. The number of rotatable bonds is 3. The number of nitrogens with two attached hydrogens (primary N) is 1. The fraction of sp³-hybridized carbons (Fsp3) is 0.125. The van der Waals surface area contributed by atoms with Gasteiger partial charge in [-0.15, -0.1) is 0 Å². The standard InChI is InChI=1S/C8H8FN5O/c9-7-3-5(8(10)13-15)1-2-6(7)4-12-14-11/h1-3,15H,4H2,(H2,10,13).